The number of ether oxygens (including phenoxy) is 1. The highest BCUT2D eigenvalue weighted by Crippen LogP contribution is 2.26. The van der Waals surface area contributed by atoms with Gasteiger partial charge in [-0.1, -0.05) is 13.8 Å². The number of fused-ring (bicyclic) bond motifs is 1. The Morgan fingerprint density at radius 3 is 2.75 bits per heavy atom. The minimum Gasteiger partial charge on any atom is -0.374 e. The van der Waals surface area contributed by atoms with Crippen LogP contribution in [0.2, 0.25) is 0 Å². The quantitative estimate of drug-likeness (QED) is 0.840. The second-order valence-electron chi connectivity index (χ2n) is 4.62. The Balaban J connectivity index is 2.34. The van der Waals surface area contributed by atoms with E-state index in [1.807, 2.05) is 6.92 Å². The van der Waals surface area contributed by atoms with Crippen LogP contribution < -0.4 is 5.32 Å². The van der Waals surface area contributed by atoms with Gasteiger partial charge in [-0.2, -0.15) is 0 Å². The Kier molecular flexibility index (Phi) is 3.25. The lowest BCUT2D eigenvalue weighted by molar-refractivity contribution is 0.107. The first-order valence-electron chi connectivity index (χ1n) is 5.84. The Hall–Kier alpha value is -0.940. The predicted molar refractivity (Wildman–Crippen MR) is 61.0 cm³/mol. The second kappa shape index (κ2) is 4.51. The molecule has 1 aliphatic rings. The molecule has 5 heteroatoms. The first-order chi connectivity index (χ1) is 7.65. The van der Waals surface area contributed by atoms with Gasteiger partial charge in [0.2, 0.25) is 0 Å². The number of hydrogen-bond donors (Lipinski definition) is 1. The molecule has 2 atom stereocenters. The van der Waals surface area contributed by atoms with Crippen molar-refractivity contribution in [1.29, 1.82) is 0 Å². The van der Waals surface area contributed by atoms with E-state index in [4.69, 9.17) is 4.74 Å². The fraction of sp³-hybridized carbons (Fsp3) is 0.818. The van der Waals surface area contributed by atoms with E-state index in [-0.39, 0.29) is 6.10 Å². The van der Waals surface area contributed by atoms with Crippen molar-refractivity contribution in [2.45, 2.75) is 39.5 Å². The first kappa shape index (κ1) is 11.5. The van der Waals surface area contributed by atoms with Gasteiger partial charge >= 0.3 is 0 Å². The highest BCUT2D eigenvalue weighted by molar-refractivity contribution is 5.06. The van der Waals surface area contributed by atoms with Crippen LogP contribution in [0.15, 0.2) is 0 Å². The van der Waals surface area contributed by atoms with Crippen LogP contribution in [0, 0.1) is 5.92 Å². The third kappa shape index (κ3) is 1.85. The molecule has 1 aromatic heterocycles. The molecule has 0 saturated carbocycles. The Labute approximate surface area is 96.2 Å². The van der Waals surface area contributed by atoms with E-state index in [2.05, 4.69) is 33.9 Å². The number of nitrogens with one attached hydrogen (secondary N) is 1. The van der Waals surface area contributed by atoms with Crippen LogP contribution in [0.4, 0.5) is 0 Å². The summed E-state index contributed by atoms with van der Waals surface area (Å²) in [6.45, 7) is 8.29. The summed E-state index contributed by atoms with van der Waals surface area (Å²) in [5, 5.41) is 12.0. The van der Waals surface area contributed by atoms with E-state index >= 15 is 0 Å². The molecule has 0 radical (unpaired) electrons. The molecule has 0 bridgehead atoms. The summed E-state index contributed by atoms with van der Waals surface area (Å²) in [4.78, 5) is 0. The zero-order valence-electron chi connectivity index (χ0n) is 10.4. The number of rotatable bonds is 3. The maximum atomic E-state index is 5.31. The molecule has 0 aliphatic carbocycles. The second-order valence-corrected chi connectivity index (χ2v) is 4.62. The van der Waals surface area contributed by atoms with Gasteiger partial charge in [0.15, 0.2) is 11.6 Å². The molecule has 0 amide bonds. The molecule has 1 aliphatic heterocycles. The molecule has 0 saturated heterocycles. The maximum Gasteiger partial charge on any atom is 0.162 e. The maximum absolute atomic E-state index is 5.31. The zero-order chi connectivity index (χ0) is 11.7. The summed E-state index contributed by atoms with van der Waals surface area (Å²) in [6.07, 6.45) is 0.00663. The number of nitrogens with zero attached hydrogens (tertiary/aromatic N) is 3. The van der Waals surface area contributed by atoms with Gasteiger partial charge in [-0.05, 0) is 12.8 Å². The normalized spacial score (nSPS) is 22.2. The van der Waals surface area contributed by atoms with Gasteiger partial charge in [0.25, 0.3) is 0 Å². The average molecular weight is 224 g/mol. The summed E-state index contributed by atoms with van der Waals surface area (Å²) >= 11 is 0. The SMILES string of the molecule is COC(C)c1nnc2n1CCNC2C(C)C. The summed E-state index contributed by atoms with van der Waals surface area (Å²) in [7, 11) is 1.70. The van der Waals surface area contributed by atoms with Crippen molar-refractivity contribution < 1.29 is 4.74 Å². The molecule has 1 N–H and O–H groups in total. The smallest absolute Gasteiger partial charge is 0.162 e. The van der Waals surface area contributed by atoms with Crippen LogP contribution in [0.1, 0.15) is 44.6 Å². The van der Waals surface area contributed by atoms with Crippen molar-refractivity contribution in [3.8, 4) is 0 Å². The summed E-state index contributed by atoms with van der Waals surface area (Å²) in [6, 6.07) is 0.305. The van der Waals surface area contributed by atoms with Crippen molar-refractivity contribution >= 4 is 0 Å². The molecule has 90 valence electrons. The molecule has 2 rings (SSSR count). The summed E-state index contributed by atoms with van der Waals surface area (Å²) < 4.78 is 7.50. The highest BCUT2D eigenvalue weighted by Gasteiger charge is 2.28. The molecular weight excluding hydrogens is 204 g/mol. The third-order valence-electron chi connectivity index (χ3n) is 3.17. The molecular formula is C11H20N4O. The van der Waals surface area contributed by atoms with Crippen molar-refractivity contribution in [2.24, 2.45) is 5.92 Å². The predicted octanol–water partition coefficient (Wildman–Crippen LogP) is 1.29. The summed E-state index contributed by atoms with van der Waals surface area (Å²) in [5.41, 5.74) is 0. The van der Waals surface area contributed by atoms with E-state index in [0.29, 0.717) is 12.0 Å². The fourth-order valence-electron chi connectivity index (χ4n) is 2.15. The highest BCUT2D eigenvalue weighted by atomic mass is 16.5. The van der Waals surface area contributed by atoms with E-state index in [0.717, 1.165) is 24.7 Å². The van der Waals surface area contributed by atoms with Crippen LogP contribution >= 0.6 is 0 Å². The molecule has 16 heavy (non-hydrogen) atoms. The number of aromatic nitrogens is 3. The number of methoxy groups -OCH3 is 1. The van der Waals surface area contributed by atoms with Gasteiger partial charge < -0.3 is 14.6 Å². The molecule has 1 aromatic rings. The molecule has 0 spiro atoms. The van der Waals surface area contributed by atoms with Gasteiger partial charge in [0, 0.05) is 20.2 Å². The first-order valence-corrected chi connectivity index (χ1v) is 5.84. The topological polar surface area (TPSA) is 52.0 Å². The molecule has 0 fully saturated rings. The van der Waals surface area contributed by atoms with Gasteiger partial charge in [-0.15, -0.1) is 10.2 Å². The van der Waals surface area contributed by atoms with Crippen molar-refractivity contribution in [1.82, 2.24) is 20.1 Å². The Morgan fingerprint density at radius 2 is 2.12 bits per heavy atom. The van der Waals surface area contributed by atoms with Crippen molar-refractivity contribution in [2.75, 3.05) is 13.7 Å². The van der Waals surface area contributed by atoms with Crippen LogP contribution in [0.3, 0.4) is 0 Å². The van der Waals surface area contributed by atoms with E-state index in [1.165, 1.54) is 0 Å². The van der Waals surface area contributed by atoms with Crippen LogP contribution in [0.5, 0.6) is 0 Å². The Morgan fingerprint density at radius 1 is 1.38 bits per heavy atom. The van der Waals surface area contributed by atoms with Gasteiger partial charge in [-0.3, -0.25) is 0 Å². The lowest BCUT2D eigenvalue weighted by Crippen LogP contribution is -2.37. The van der Waals surface area contributed by atoms with E-state index in [1.54, 1.807) is 7.11 Å². The van der Waals surface area contributed by atoms with Crippen LogP contribution in [-0.2, 0) is 11.3 Å². The summed E-state index contributed by atoms with van der Waals surface area (Å²) in [5.74, 6) is 2.50. The minimum atomic E-state index is 0.00663. The monoisotopic (exact) mass is 224 g/mol. The standard InChI is InChI=1S/C11H20N4O/c1-7(2)9-11-14-13-10(8(3)16-4)15(11)6-5-12-9/h7-9,12H,5-6H2,1-4H3. The lowest BCUT2D eigenvalue weighted by Gasteiger charge is -2.28. The van der Waals surface area contributed by atoms with E-state index < -0.39 is 0 Å². The van der Waals surface area contributed by atoms with Gasteiger partial charge in [0.1, 0.15) is 6.10 Å². The molecule has 5 nitrogen and oxygen atoms in total. The largest absolute Gasteiger partial charge is 0.374 e. The van der Waals surface area contributed by atoms with Crippen LogP contribution in [0.25, 0.3) is 0 Å². The van der Waals surface area contributed by atoms with Gasteiger partial charge in [0.05, 0.1) is 6.04 Å². The number of hydrogen-bond acceptors (Lipinski definition) is 4. The molecule has 0 aromatic carbocycles. The van der Waals surface area contributed by atoms with Gasteiger partial charge in [-0.25, -0.2) is 0 Å². The lowest BCUT2D eigenvalue weighted by atomic mass is 10.0. The zero-order valence-corrected chi connectivity index (χ0v) is 10.4. The van der Waals surface area contributed by atoms with Crippen LogP contribution in [-0.4, -0.2) is 28.4 Å². The fourth-order valence-corrected chi connectivity index (χ4v) is 2.15. The Bertz CT molecular complexity index is 361. The van der Waals surface area contributed by atoms with Crippen molar-refractivity contribution in [3.05, 3.63) is 11.6 Å². The molecule has 2 unspecified atom stereocenters. The minimum absolute atomic E-state index is 0.00663. The van der Waals surface area contributed by atoms with Crippen molar-refractivity contribution in [3.63, 3.8) is 0 Å². The molecule has 2 heterocycles. The third-order valence-corrected chi connectivity index (χ3v) is 3.17. The average Bonchev–Trinajstić information content (AvgIpc) is 2.71. The van der Waals surface area contributed by atoms with E-state index in [9.17, 15) is 0 Å².